The predicted octanol–water partition coefficient (Wildman–Crippen LogP) is 3.56. The first kappa shape index (κ1) is 17.5. The van der Waals surface area contributed by atoms with Crippen LogP contribution in [0.5, 0.6) is 0 Å². The summed E-state index contributed by atoms with van der Waals surface area (Å²) in [5.74, 6) is -4.91. The van der Waals surface area contributed by atoms with E-state index in [9.17, 15) is 26.4 Å². The van der Waals surface area contributed by atoms with Crippen molar-refractivity contribution >= 4 is 21.4 Å². The van der Waals surface area contributed by atoms with E-state index in [1.165, 1.54) is 30.3 Å². The van der Waals surface area contributed by atoms with E-state index in [0.717, 1.165) is 11.6 Å². The monoisotopic (exact) mass is 369 g/mol. The van der Waals surface area contributed by atoms with Crippen molar-refractivity contribution in [1.82, 2.24) is 0 Å². The molecule has 1 N–H and O–H groups in total. The van der Waals surface area contributed by atoms with Crippen molar-refractivity contribution in [2.45, 2.75) is 23.0 Å². The number of nitrogens with one attached hydrogen (secondary N) is 1. The molecule has 0 spiro atoms. The van der Waals surface area contributed by atoms with E-state index in [2.05, 4.69) is 5.32 Å². The van der Waals surface area contributed by atoms with Gasteiger partial charge in [0.25, 0.3) is 0 Å². The lowest BCUT2D eigenvalue weighted by Gasteiger charge is -2.11. The first-order chi connectivity index (χ1) is 11.8. The number of halogens is 3. The molecule has 132 valence electrons. The molecule has 3 rings (SSSR count). The number of rotatable bonds is 5. The molecule has 0 aromatic heterocycles. The molecule has 2 aromatic carbocycles. The van der Waals surface area contributed by atoms with Gasteiger partial charge in [0.05, 0.1) is 10.6 Å². The molecule has 0 aliphatic heterocycles. The summed E-state index contributed by atoms with van der Waals surface area (Å²) < 4.78 is 61.9. The van der Waals surface area contributed by atoms with Crippen molar-refractivity contribution < 1.29 is 26.4 Å². The molecule has 0 bridgehead atoms. The summed E-state index contributed by atoms with van der Waals surface area (Å²) in [5.41, 5.74) is 0.632. The molecule has 0 heterocycles. The Kier molecular flexibility index (Phi) is 4.55. The number of carbonyl (C=O) groups excluding carboxylic acids is 1. The third-order valence-corrected chi connectivity index (χ3v) is 5.55. The van der Waals surface area contributed by atoms with E-state index >= 15 is 0 Å². The fraction of sp³-hybridized carbons (Fsp3) is 0.235. The molecule has 25 heavy (non-hydrogen) atoms. The molecule has 8 heteroatoms. The Morgan fingerprint density at radius 1 is 1.08 bits per heavy atom. The van der Waals surface area contributed by atoms with E-state index in [4.69, 9.17) is 0 Å². The summed E-state index contributed by atoms with van der Waals surface area (Å²) >= 11 is 0. The van der Waals surface area contributed by atoms with Crippen LogP contribution in [-0.2, 0) is 14.6 Å². The van der Waals surface area contributed by atoms with Crippen LogP contribution in [0.4, 0.5) is 18.9 Å². The molecular formula is C17H14F3NO3S. The van der Waals surface area contributed by atoms with Crippen molar-refractivity contribution in [3.63, 3.8) is 0 Å². The van der Waals surface area contributed by atoms with Crippen molar-refractivity contribution in [1.29, 1.82) is 0 Å². The van der Waals surface area contributed by atoms with Crippen molar-refractivity contribution in [2.75, 3.05) is 5.32 Å². The number of alkyl halides is 2. The minimum atomic E-state index is -4.82. The number of hydrogen-bond acceptors (Lipinski definition) is 3. The van der Waals surface area contributed by atoms with Crippen LogP contribution >= 0.6 is 0 Å². The van der Waals surface area contributed by atoms with Gasteiger partial charge in [-0.1, -0.05) is 24.3 Å². The van der Waals surface area contributed by atoms with Crippen LogP contribution in [0.1, 0.15) is 17.9 Å². The number of anilines is 1. The minimum absolute atomic E-state index is 0.0977. The van der Waals surface area contributed by atoms with Crippen LogP contribution in [0.15, 0.2) is 53.4 Å². The number of para-hydroxylation sites is 1. The Hall–Kier alpha value is -2.35. The lowest BCUT2D eigenvalue weighted by Crippen LogP contribution is -2.19. The molecule has 1 aliphatic carbocycles. The number of benzene rings is 2. The van der Waals surface area contributed by atoms with Gasteiger partial charge in [0.2, 0.25) is 15.7 Å². The third kappa shape index (κ3) is 3.53. The molecule has 2 atom stereocenters. The standard InChI is InChI=1S/C17H14F3NO3S/c18-11-7-5-10(6-8-11)12-9-13(12)16(22)21-14-3-1-2-4-15(14)25(23,24)17(19)20/h1-8,12-13,17H,9H2,(H,21,22). The van der Waals surface area contributed by atoms with Crippen molar-refractivity contribution in [3.05, 3.63) is 59.9 Å². The topological polar surface area (TPSA) is 63.2 Å². The lowest BCUT2D eigenvalue weighted by molar-refractivity contribution is -0.117. The second kappa shape index (κ2) is 6.51. The van der Waals surface area contributed by atoms with Crippen LogP contribution in [0, 0.1) is 11.7 Å². The van der Waals surface area contributed by atoms with Gasteiger partial charge in [-0.05, 0) is 42.2 Å². The summed E-state index contributed by atoms with van der Waals surface area (Å²) in [6.07, 6.45) is 0.529. The van der Waals surface area contributed by atoms with Crippen LogP contribution in [-0.4, -0.2) is 20.1 Å². The van der Waals surface area contributed by atoms with E-state index in [0.29, 0.717) is 6.42 Å². The van der Waals surface area contributed by atoms with Gasteiger partial charge in [0.1, 0.15) is 5.82 Å². The van der Waals surface area contributed by atoms with Gasteiger partial charge in [0.15, 0.2) is 0 Å². The van der Waals surface area contributed by atoms with Gasteiger partial charge in [-0.2, -0.15) is 8.78 Å². The van der Waals surface area contributed by atoms with Crippen molar-refractivity contribution in [2.24, 2.45) is 5.92 Å². The van der Waals surface area contributed by atoms with Crippen LogP contribution in [0.25, 0.3) is 0 Å². The molecule has 1 saturated carbocycles. The molecule has 2 aromatic rings. The van der Waals surface area contributed by atoms with E-state index < -0.39 is 32.3 Å². The summed E-state index contributed by atoms with van der Waals surface area (Å²) in [6, 6.07) is 10.8. The van der Waals surface area contributed by atoms with Gasteiger partial charge < -0.3 is 5.32 Å². The highest BCUT2D eigenvalue weighted by atomic mass is 32.2. The Bertz CT molecular complexity index is 898. The molecule has 0 saturated heterocycles. The Morgan fingerprint density at radius 2 is 1.72 bits per heavy atom. The number of sulfone groups is 1. The van der Waals surface area contributed by atoms with Gasteiger partial charge in [-0.25, -0.2) is 12.8 Å². The largest absolute Gasteiger partial charge is 0.341 e. The Labute approximate surface area is 142 Å². The quantitative estimate of drug-likeness (QED) is 0.877. The van der Waals surface area contributed by atoms with Gasteiger partial charge in [0, 0.05) is 5.92 Å². The molecule has 0 radical (unpaired) electrons. The Morgan fingerprint density at radius 3 is 2.36 bits per heavy atom. The normalized spacial score (nSPS) is 19.7. The van der Waals surface area contributed by atoms with E-state index in [-0.39, 0.29) is 17.4 Å². The Balaban J connectivity index is 1.76. The summed E-state index contributed by atoms with van der Waals surface area (Å²) in [5, 5.41) is 2.42. The SMILES string of the molecule is O=C(Nc1ccccc1S(=O)(=O)C(F)F)C1CC1c1ccc(F)cc1. The zero-order valence-corrected chi connectivity index (χ0v) is 13.6. The first-order valence-electron chi connectivity index (χ1n) is 7.48. The number of hydrogen-bond donors (Lipinski definition) is 1. The van der Waals surface area contributed by atoms with E-state index in [1.807, 2.05) is 0 Å². The third-order valence-electron chi connectivity index (χ3n) is 4.11. The summed E-state index contributed by atoms with van der Waals surface area (Å²) in [6.45, 7) is 0. The molecule has 2 unspecified atom stereocenters. The molecule has 4 nitrogen and oxygen atoms in total. The average molecular weight is 369 g/mol. The smallest absolute Gasteiger partial charge is 0.325 e. The average Bonchev–Trinajstić information content (AvgIpc) is 3.36. The second-order valence-corrected chi connectivity index (χ2v) is 7.68. The molecule has 1 amide bonds. The summed E-state index contributed by atoms with van der Waals surface area (Å²) in [7, 11) is -4.82. The highest BCUT2D eigenvalue weighted by Crippen LogP contribution is 2.48. The van der Waals surface area contributed by atoms with E-state index in [1.54, 1.807) is 12.1 Å². The molecule has 1 fully saturated rings. The number of carbonyl (C=O) groups is 1. The van der Waals surface area contributed by atoms with Crippen LogP contribution in [0.3, 0.4) is 0 Å². The maximum Gasteiger partial charge on any atom is 0.341 e. The van der Waals surface area contributed by atoms with Gasteiger partial charge >= 0.3 is 5.76 Å². The summed E-state index contributed by atoms with van der Waals surface area (Å²) in [4.78, 5) is 11.7. The maximum absolute atomic E-state index is 12.9. The highest BCUT2D eigenvalue weighted by molar-refractivity contribution is 7.91. The second-order valence-electron chi connectivity index (χ2n) is 5.79. The van der Waals surface area contributed by atoms with Crippen LogP contribution < -0.4 is 5.32 Å². The van der Waals surface area contributed by atoms with Crippen LogP contribution in [0.2, 0.25) is 0 Å². The maximum atomic E-state index is 12.9. The highest BCUT2D eigenvalue weighted by Gasteiger charge is 2.44. The zero-order chi connectivity index (χ0) is 18.2. The fourth-order valence-electron chi connectivity index (χ4n) is 2.70. The van der Waals surface area contributed by atoms with Gasteiger partial charge in [-0.15, -0.1) is 0 Å². The lowest BCUT2D eigenvalue weighted by atomic mass is 10.1. The van der Waals surface area contributed by atoms with Gasteiger partial charge in [-0.3, -0.25) is 4.79 Å². The molecular weight excluding hydrogens is 355 g/mol. The fourth-order valence-corrected chi connectivity index (χ4v) is 3.59. The zero-order valence-electron chi connectivity index (χ0n) is 12.8. The van der Waals surface area contributed by atoms with Crippen molar-refractivity contribution in [3.8, 4) is 0 Å². The predicted molar refractivity (Wildman–Crippen MR) is 85.5 cm³/mol. The minimum Gasteiger partial charge on any atom is -0.325 e. The first-order valence-corrected chi connectivity index (χ1v) is 9.02. The molecule has 1 aliphatic rings. The number of amides is 1.